The Morgan fingerprint density at radius 1 is 1.22 bits per heavy atom. The molecule has 2 bridgehead atoms. The summed E-state index contributed by atoms with van der Waals surface area (Å²) in [5, 5.41) is 0. The molecule has 2 aromatic rings. The summed E-state index contributed by atoms with van der Waals surface area (Å²) in [6, 6.07) is 6.02. The number of aromatic nitrogens is 1. The average Bonchev–Trinajstić information content (AvgIpc) is 2.96. The van der Waals surface area contributed by atoms with E-state index in [1.165, 1.54) is 6.26 Å². The molecule has 1 aromatic heterocycles. The zero-order valence-electron chi connectivity index (χ0n) is 15.8. The zero-order chi connectivity index (χ0) is 18.8. The third kappa shape index (κ3) is 3.78. The number of nitrogens with zero attached hydrogens (tertiary/aromatic N) is 3. The van der Waals surface area contributed by atoms with Crippen LogP contribution in [0.5, 0.6) is 11.5 Å². The van der Waals surface area contributed by atoms with Crippen molar-refractivity contribution in [2.75, 3.05) is 33.3 Å². The number of fused-ring (bicyclic) bond motifs is 4. The summed E-state index contributed by atoms with van der Waals surface area (Å²) in [6.45, 7) is 5.97. The lowest BCUT2D eigenvalue weighted by molar-refractivity contribution is 0.0678. The molecule has 7 heteroatoms. The van der Waals surface area contributed by atoms with E-state index in [9.17, 15) is 4.79 Å². The van der Waals surface area contributed by atoms with Gasteiger partial charge in [0, 0.05) is 32.2 Å². The molecule has 3 saturated heterocycles. The van der Waals surface area contributed by atoms with Crippen LogP contribution in [-0.4, -0.2) is 60.0 Å². The number of benzene rings is 1. The van der Waals surface area contributed by atoms with Crippen LogP contribution < -0.4 is 9.47 Å². The van der Waals surface area contributed by atoms with E-state index in [1.54, 1.807) is 7.11 Å². The topological polar surface area (TPSA) is 68.0 Å². The quantitative estimate of drug-likeness (QED) is 0.804. The van der Waals surface area contributed by atoms with Gasteiger partial charge in [0.1, 0.15) is 6.26 Å². The van der Waals surface area contributed by atoms with Crippen LogP contribution in [0.3, 0.4) is 0 Å². The molecule has 7 nitrogen and oxygen atoms in total. The third-order valence-corrected chi connectivity index (χ3v) is 5.36. The van der Waals surface area contributed by atoms with Crippen molar-refractivity contribution in [3.8, 4) is 11.5 Å². The number of oxazole rings is 1. The molecule has 3 fully saturated rings. The van der Waals surface area contributed by atoms with Crippen molar-refractivity contribution in [1.29, 1.82) is 0 Å². The largest absolute Gasteiger partial charge is 0.493 e. The number of methoxy groups -OCH3 is 1. The van der Waals surface area contributed by atoms with Crippen LogP contribution in [0.25, 0.3) is 0 Å². The molecule has 4 heterocycles. The summed E-state index contributed by atoms with van der Waals surface area (Å²) in [6.07, 6.45) is 3.50. The van der Waals surface area contributed by atoms with Gasteiger partial charge < -0.3 is 23.7 Å². The monoisotopic (exact) mass is 371 g/mol. The number of ether oxygens (including phenoxy) is 2. The van der Waals surface area contributed by atoms with E-state index in [1.807, 2.05) is 30.0 Å². The maximum Gasteiger partial charge on any atom is 0.276 e. The van der Waals surface area contributed by atoms with Crippen LogP contribution in [0, 0.1) is 6.92 Å². The van der Waals surface area contributed by atoms with Crippen LogP contribution in [0.2, 0.25) is 0 Å². The second-order valence-electron chi connectivity index (χ2n) is 7.14. The first-order valence-electron chi connectivity index (χ1n) is 9.39. The van der Waals surface area contributed by atoms with Gasteiger partial charge >= 0.3 is 0 Å². The lowest BCUT2D eigenvalue weighted by Gasteiger charge is -2.30. The molecule has 27 heavy (non-hydrogen) atoms. The minimum Gasteiger partial charge on any atom is -0.493 e. The van der Waals surface area contributed by atoms with Gasteiger partial charge in [-0.2, -0.15) is 0 Å². The van der Waals surface area contributed by atoms with Crippen molar-refractivity contribution >= 4 is 5.91 Å². The number of amides is 1. The first-order valence-corrected chi connectivity index (χ1v) is 9.39. The number of hydrogen-bond acceptors (Lipinski definition) is 6. The Balaban J connectivity index is 1.42. The zero-order valence-corrected chi connectivity index (χ0v) is 15.8. The maximum atomic E-state index is 12.9. The van der Waals surface area contributed by atoms with Crippen molar-refractivity contribution < 1.29 is 18.7 Å². The van der Waals surface area contributed by atoms with Crippen LogP contribution in [0.1, 0.15) is 34.8 Å². The fourth-order valence-corrected chi connectivity index (χ4v) is 3.81. The van der Waals surface area contributed by atoms with Crippen LogP contribution >= 0.6 is 0 Å². The summed E-state index contributed by atoms with van der Waals surface area (Å²) in [7, 11) is 1.61. The van der Waals surface area contributed by atoms with Gasteiger partial charge in [-0.1, -0.05) is 6.07 Å². The van der Waals surface area contributed by atoms with Crippen molar-refractivity contribution in [2.24, 2.45) is 0 Å². The third-order valence-electron chi connectivity index (χ3n) is 5.36. The molecule has 1 aromatic carbocycles. The molecule has 0 N–H and O–H groups in total. The molecule has 0 radical (unpaired) electrons. The smallest absolute Gasteiger partial charge is 0.276 e. The predicted molar refractivity (Wildman–Crippen MR) is 99.1 cm³/mol. The molecule has 0 atom stereocenters. The lowest BCUT2D eigenvalue weighted by atomic mass is 10.1. The van der Waals surface area contributed by atoms with E-state index in [2.05, 4.69) is 9.88 Å². The minimum absolute atomic E-state index is 0.0494. The normalized spacial score (nSPS) is 21.8. The molecular formula is C20H25N3O4. The van der Waals surface area contributed by atoms with Gasteiger partial charge in [0.15, 0.2) is 23.8 Å². The Bertz CT molecular complexity index is 811. The SMILES string of the molecule is COc1cc(C)ccc1OCc1nc(C(=O)N2CCN3CCC2CC3)co1. The van der Waals surface area contributed by atoms with E-state index in [0.717, 1.165) is 44.6 Å². The van der Waals surface area contributed by atoms with Gasteiger partial charge in [-0.3, -0.25) is 4.79 Å². The highest BCUT2D eigenvalue weighted by molar-refractivity contribution is 5.92. The summed E-state index contributed by atoms with van der Waals surface area (Å²) < 4.78 is 16.6. The standard InChI is InChI=1S/C20H25N3O4/c1-14-3-4-17(18(11-14)25-2)26-13-19-21-16(12-27-19)20(24)23-10-9-22-7-5-15(23)6-8-22/h3-4,11-12,15H,5-10,13H2,1-2H3. The fourth-order valence-electron chi connectivity index (χ4n) is 3.81. The van der Waals surface area contributed by atoms with Crippen molar-refractivity contribution in [3.63, 3.8) is 0 Å². The van der Waals surface area contributed by atoms with E-state index >= 15 is 0 Å². The molecular weight excluding hydrogens is 346 g/mol. The predicted octanol–water partition coefficient (Wildman–Crippen LogP) is 2.49. The highest BCUT2D eigenvalue weighted by Gasteiger charge is 2.33. The summed E-state index contributed by atoms with van der Waals surface area (Å²) in [5.74, 6) is 1.61. The molecule has 3 aliphatic rings. The fraction of sp³-hybridized carbons (Fsp3) is 0.500. The number of carbonyl (C=O) groups is 1. The van der Waals surface area contributed by atoms with E-state index in [-0.39, 0.29) is 12.5 Å². The maximum absolute atomic E-state index is 12.9. The van der Waals surface area contributed by atoms with Crippen molar-refractivity contribution in [3.05, 3.63) is 41.6 Å². The first-order chi connectivity index (χ1) is 13.1. The summed E-state index contributed by atoms with van der Waals surface area (Å²) in [5.41, 5.74) is 1.44. The van der Waals surface area contributed by atoms with E-state index in [0.29, 0.717) is 29.1 Å². The van der Waals surface area contributed by atoms with Gasteiger partial charge in [-0.15, -0.1) is 0 Å². The van der Waals surface area contributed by atoms with Crippen molar-refractivity contribution in [2.45, 2.75) is 32.4 Å². The van der Waals surface area contributed by atoms with Crippen molar-refractivity contribution in [1.82, 2.24) is 14.8 Å². The number of aryl methyl sites for hydroxylation is 1. The van der Waals surface area contributed by atoms with Gasteiger partial charge in [0.05, 0.1) is 7.11 Å². The molecule has 144 valence electrons. The van der Waals surface area contributed by atoms with Gasteiger partial charge in [0.2, 0.25) is 5.89 Å². The van der Waals surface area contributed by atoms with Crippen LogP contribution in [0.15, 0.2) is 28.9 Å². The van der Waals surface area contributed by atoms with Crippen LogP contribution in [-0.2, 0) is 6.61 Å². The van der Waals surface area contributed by atoms with Gasteiger partial charge in [-0.05, 0) is 37.5 Å². The Morgan fingerprint density at radius 2 is 2.04 bits per heavy atom. The van der Waals surface area contributed by atoms with Gasteiger partial charge in [0.25, 0.3) is 5.91 Å². The number of hydrogen-bond donors (Lipinski definition) is 0. The molecule has 0 aliphatic carbocycles. The number of rotatable bonds is 5. The Labute approximate surface area is 158 Å². The highest BCUT2D eigenvalue weighted by Crippen LogP contribution is 2.28. The molecule has 0 saturated carbocycles. The van der Waals surface area contributed by atoms with Gasteiger partial charge in [-0.25, -0.2) is 4.98 Å². The average molecular weight is 371 g/mol. The molecule has 0 unspecified atom stereocenters. The molecule has 0 spiro atoms. The lowest BCUT2D eigenvalue weighted by Crippen LogP contribution is -2.41. The van der Waals surface area contributed by atoms with Crippen LogP contribution in [0.4, 0.5) is 0 Å². The minimum atomic E-state index is -0.0494. The first kappa shape index (κ1) is 17.9. The highest BCUT2D eigenvalue weighted by atomic mass is 16.5. The second-order valence-corrected chi connectivity index (χ2v) is 7.14. The molecule has 3 aliphatic heterocycles. The molecule has 1 amide bonds. The second kappa shape index (κ2) is 7.60. The van der Waals surface area contributed by atoms with E-state index in [4.69, 9.17) is 13.9 Å². The number of piperidine rings is 1. The Hall–Kier alpha value is -2.54. The molecule has 5 rings (SSSR count). The number of carbonyl (C=O) groups excluding carboxylic acids is 1. The summed E-state index contributed by atoms with van der Waals surface area (Å²) >= 11 is 0. The summed E-state index contributed by atoms with van der Waals surface area (Å²) in [4.78, 5) is 21.6. The Morgan fingerprint density at radius 3 is 2.81 bits per heavy atom. The van der Waals surface area contributed by atoms with E-state index < -0.39 is 0 Å². The Kier molecular flexibility index (Phi) is 5.03.